The lowest BCUT2D eigenvalue weighted by Gasteiger charge is -2.34. The smallest absolute Gasteiger partial charge is 0.320 e. The number of aromatic nitrogens is 4. The number of nitrogens with zero attached hydrogens (tertiary/aromatic N) is 5. The lowest BCUT2D eigenvalue weighted by Crippen LogP contribution is -2.49. The van der Waals surface area contributed by atoms with Gasteiger partial charge in [-0.15, -0.1) is 10.2 Å². The average Bonchev–Trinajstić information content (AvgIpc) is 3.63. The van der Waals surface area contributed by atoms with Gasteiger partial charge in [0.1, 0.15) is 23.1 Å². The normalized spacial score (nSPS) is 22.5. The molecule has 1 aromatic carbocycles. The van der Waals surface area contributed by atoms with Crippen molar-refractivity contribution in [3.63, 3.8) is 0 Å². The number of anilines is 1. The third-order valence-corrected chi connectivity index (χ3v) is 9.18. The van der Waals surface area contributed by atoms with Gasteiger partial charge < -0.3 is 20.7 Å². The van der Waals surface area contributed by atoms with Gasteiger partial charge in [-0.2, -0.15) is 0 Å². The number of carbonyl (C=O) groups excluding carboxylic acids is 3. The molecule has 3 amide bonds. The van der Waals surface area contributed by atoms with Crippen molar-refractivity contribution < 1.29 is 19.1 Å². The Morgan fingerprint density at radius 2 is 1.89 bits per heavy atom. The van der Waals surface area contributed by atoms with E-state index in [0.717, 1.165) is 36.4 Å². The quantitative estimate of drug-likeness (QED) is 0.197. The van der Waals surface area contributed by atoms with Crippen molar-refractivity contribution in [2.24, 2.45) is 0 Å². The predicted molar refractivity (Wildman–Crippen MR) is 177 cm³/mol. The molecule has 6 rings (SSSR count). The number of hydrogen-bond donors (Lipinski definition) is 3. The third kappa shape index (κ3) is 5.85. The van der Waals surface area contributed by atoms with Crippen LogP contribution in [0.2, 0.25) is 0 Å². The second-order valence-corrected chi connectivity index (χ2v) is 13.4. The zero-order chi connectivity index (χ0) is 33.6. The number of hydrogen-bond acceptors (Lipinski definition) is 8. The van der Waals surface area contributed by atoms with Gasteiger partial charge in [0.05, 0.1) is 11.7 Å². The van der Waals surface area contributed by atoms with E-state index >= 15 is 0 Å². The van der Waals surface area contributed by atoms with Crippen molar-refractivity contribution in [2.75, 3.05) is 26.0 Å². The van der Waals surface area contributed by atoms with Gasteiger partial charge in [0.15, 0.2) is 17.8 Å². The number of carbonyl (C=O) groups is 3. The lowest BCUT2D eigenvalue weighted by molar-refractivity contribution is -0.111. The summed E-state index contributed by atoms with van der Waals surface area (Å²) in [4.78, 5) is 45.4. The Morgan fingerprint density at radius 1 is 1.11 bits per heavy atom. The molecule has 3 atom stereocenters. The maximum atomic E-state index is 13.4. The van der Waals surface area contributed by atoms with Gasteiger partial charge in [0.25, 0.3) is 5.91 Å². The van der Waals surface area contributed by atoms with Gasteiger partial charge in [-0.1, -0.05) is 45.0 Å². The first-order chi connectivity index (χ1) is 22.4. The van der Waals surface area contributed by atoms with E-state index < -0.39 is 17.7 Å². The molecule has 0 unspecified atom stereocenters. The van der Waals surface area contributed by atoms with Crippen LogP contribution >= 0.6 is 0 Å². The summed E-state index contributed by atoms with van der Waals surface area (Å²) in [6, 6.07) is 13.7. The van der Waals surface area contributed by atoms with Crippen molar-refractivity contribution in [3.8, 4) is 5.75 Å². The second-order valence-electron chi connectivity index (χ2n) is 13.4. The predicted octanol–water partition coefficient (Wildman–Crippen LogP) is 4.63. The highest BCUT2D eigenvalue weighted by Crippen LogP contribution is 2.39. The summed E-state index contributed by atoms with van der Waals surface area (Å²) >= 11 is 0. The summed E-state index contributed by atoms with van der Waals surface area (Å²) in [5.74, 6) is 1.09. The number of fused-ring (bicyclic) bond motifs is 2. The Balaban J connectivity index is 1.27. The molecule has 4 heterocycles. The minimum atomic E-state index is -1.46. The van der Waals surface area contributed by atoms with Gasteiger partial charge in [-0.3, -0.25) is 18.9 Å². The Labute approximate surface area is 273 Å². The van der Waals surface area contributed by atoms with Gasteiger partial charge in [0, 0.05) is 29.4 Å². The number of likely N-dealkylation sites (tertiary alicyclic amines) is 1. The van der Waals surface area contributed by atoms with Gasteiger partial charge >= 0.3 is 6.03 Å². The number of amides is 3. The topological polar surface area (TPSA) is 143 Å². The molecule has 244 valence electrons. The standard InChI is InChI=1S/C35H40N8O4/c1-33(2,3)28-19-22(18-26(38-28)30(45)36-5)37-32(46)39-35(21-44)16-14-27(24-10-7-8-11-25(24)35)47-23-12-13-29-40-41-31(43(29)20-23)34(4)15-9-17-42(34)6/h7-8,10-14,16,18-21,27H,9,15,17H2,1-6H3,(H,36,45)(H2,37,38,39,46)/t27-,34+,35-/m1/s1. The minimum Gasteiger partial charge on any atom is -0.480 e. The number of nitrogens with one attached hydrogen (secondary N) is 3. The highest BCUT2D eigenvalue weighted by molar-refractivity contribution is 5.96. The molecule has 0 spiro atoms. The molecule has 47 heavy (non-hydrogen) atoms. The molecular formula is C35H40N8O4. The zero-order valence-corrected chi connectivity index (χ0v) is 27.5. The monoisotopic (exact) mass is 636 g/mol. The molecular weight excluding hydrogens is 596 g/mol. The van der Waals surface area contributed by atoms with Crippen molar-refractivity contribution >= 4 is 29.6 Å². The van der Waals surface area contributed by atoms with Gasteiger partial charge in [-0.25, -0.2) is 9.78 Å². The van der Waals surface area contributed by atoms with Crippen LogP contribution in [0.1, 0.15) is 79.8 Å². The van der Waals surface area contributed by atoms with E-state index in [-0.39, 0.29) is 22.6 Å². The molecule has 0 radical (unpaired) electrons. The Kier molecular flexibility index (Phi) is 8.08. The summed E-state index contributed by atoms with van der Waals surface area (Å²) in [6.07, 6.45) is 7.56. The highest BCUT2D eigenvalue weighted by atomic mass is 16.5. The average molecular weight is 637 g/mol. The van der Waals surface area contributed by atoms with E-state index in [1.807, 2.05) is 61.7 Å². The van der Waals surface area contributed by atoms with E-state index in [9.17, 15) is 14.4 Å². The molecule has 1 saturated heterocycles. The summed E-state index contributed by atoms with van der Waals surface area (Å²) in [6.45, 7) is 9.08. The Bertz CT molecular complexity index is 1900. The van der Waals surface area contributed by atoms with E-state index in [1.54, 1.807) is 24.3 Å². The number of pyridine rings is 2. The van der Waals surface area contributed by atoms with Crippen LogP contribution in [0.15, 0.2) is 66.9 Å². The number of rotatable bonds is 7. The van der Waals surface area contributed by atoms with E-state index in [0.29, 0.717) is 29.0 Å². The van der Waals surface area contributed by atoms with Crippen LogP contribution in [0.3, 0.4) is 0 Å². The Morgan fingerprint density at radius 3 is 2.60 bits per heavy atom. The summed E-state index contributed by atoms with van der Waals surface area (Å²) in [7, 11) is 3.62. The van der Waals surface area contributed by atoms with Gasteiger partial charge in [-0.05, 0) is 75.3 Å². The van der Waals surface area contributed by atoms with Crippen molar-refractivity contribution in [2.45, 2.75) is 63.1 Å². The summed E-state index contributed by atoms with van der Waals surface area (Å²) < 4.78 is 8.48. The van der Waals surface area contributed by atoms with E-state index in [1.165, 1.54) is 13.1 Å². The molecule has 0 saturated carbocycles. The van der Waals surface area contributed by atoms with Gasteiger partial charge in [0.2, 0.25) is 0 Å². The van der Waals surface area contributed by atoms with Crippen LogP contribution in [-0.2, 0) is 21.3 Å². The molecule has 4 aromatic rings. The number of benzene rings is 1. The number of ether oxygens (including phenoxy) is 1. The number of urea groups is 1. The van der Waals surface area contributed by atoms with E-state index in [4.69, 9.17) is 4.74 Å². The first-order valence-corrected chi connectivity index (χ1v) is 15.7. The molecule has 0 bridgehead atoms. The first-order valence-electron chi connectivity index (χ1n) is 15.7. The van der Waals surface area contributed by atoms with Crippen LogP contribution in [0.5, 0.6) is 5.75 Å². The fourth-order valence-corrected chi connectivity index (χ4v) is 6.32. The third-order valence-electron chi connectivity index (χ3n) is 9.18. The molecule has 2 aliphatic rings. The molecule has 1 aliphatic carbocycles. The molecule has 3 N–H and O–H groups in total. The first kappa shape index (κ1) is 31.9. The SMILES string of the molecule is CNC(=O)c1cc(NC(=O)N[C@@]2(C=O)C=C[C@@H](Oc3ccc4nnc([C@]5(C)CCCN5C)n4c3)c3ccccc32)cc(C(C)(C)C)n1. The Hall–Kier alpha value is -5.10. The summed E-state index contributed by atoms with van der Waals surface area (Å²) in [5.41, 5.74) is 1.14. The molecule has 1 fully saturated rings. The van der Waals surface area contributed by atoms with Crippen LogP contribution < -0.4 is 20.7 Å². The lowest BCUT2D eigenvalue weighted by atomic mass is 9.81. The van der Waals surface area contributed by atoms with Crippen molar-refractivity contribution in [1.82, 2.24) is 35.1 Å². The molecule has 12 nitrogen and oxygen atoms in total. The highest BCUT2D eigenvalue weighted by Gasteiger charge is 2.40. The van der Waals surface area contributed by atoms with Crippen LogP contribution in [0, 0.1) is 0 Å². The fraction of sp³-hybridized carbons (Fsp3) is 0.371. The van der Waals surface area contributed by atoms with Crippen LogP contribution in [0.4, 0.5) is 10.5 Å². The maximum Gasteiger partial charge on any atom is 0.320 e. The summed E-state index contributed by atoms with van der Waals surface area (Å²) in [5, 5.41) is 17.2. The van der Waals surface area contributed by atoms with Crippen LogP contribution in [-0.4, -0.2) is 63.3 Å². The van der Waals surface area contributed by atoms with Crippen LogP contribution in [0.25, 0.3) is 5.65 Å². The molecule has 1 aliphatic heterocycles. The minimum absolute atomic E-state index is 0.171. The maximum absolute atomic E-state index is 13.4. The van der Waals surface area contributed by atoms with Crippen molar-refractivity contribution in [3.05, 3.63) is 95.2 Å². The zero-order valence-electron chi connectivity index (χ0n) is 27.5. The van der Waals surface area contributed by atoms with Crippen molar-refractivity contribution in [1.29, 1.82) is 0 Å². The largest absolute Gasteiger partial charge is 0.480 e. The second kappa shape index (κ2) is 11.9. The number of aldehydes is 1. The molecule has 12 heteroatoms. The fourth-order valence-electron chi connectivity index (χ4n) is 6.32. The van der Waals surface area contributed by atoms with E-state index in [2.05, 4.69) is 50.0 Å². The molecule has 3 aromatic heterocycles.